The molecule has 0 unspecified atom stereocenters. The molecule has 0 bridgehead atoms. The van der Waals surface area contributed by atoms with Gasteiger partial charge in [-0.2, -0.15) is 0 Å². The van der Waals surface area contributed by atoms with Gasteiger partial charge in [-0.1, -0.05) is 0 Å². The molecule has 3 heteroatoms. The molecule has 2 heterocycles. The number of hydrogen-bond acceptors (Lipinski definition) is 2. The van der Waals surface area contributed by atoms with Crippen molar-refractivity contribution in [2.75, 3.05) is 38.7 Å². The van der Waals surface area contributed by atoms with Crippen LogP contribution in [0.25, 0.3) is 0 Å². The Labute approximate surface area is 83.9 Å². The van der Waals surface area contributed by atoms with Gasteiger partial charge in [-0.25, -0.2) is 0 Å². The Morgan fingerprint density at radius 3 is 2.00 bits per heavy atom. The first kappa shape index (κ1) is 9.22. The third-order valence-electron chi connectivity index (χ3n) is 3.01. The summed E-state index contributed by atoms with van der Waals surface area (Å²) in [4.78, 5) is 0. The van der Waals surface area contributed by atoms with Crippen molar-refractivity contribution in [3.05, 3.63) is 0 Å². The van der Waals surface area contributed by atoms with Crippen molar-refractivity contribution in [3.8, 4) is 0 Å². The summed E-state index contributed by atoms with van der Waals surface area (Å²) in [7, 11) is 4.72. The van der Waals surface area contributed by atoms with Crippen LogP contribution in [0.5, 0.6) is 0 Å². The summed E-state index contributed by atoms with van der Waals surface area (Å²) >= 11 is 4.44. The van der Waals surface area contributed by atoms with Gasteiger partial charge in [0.25, 0.3) is 0 Å². The van der Waals surface area contributed by atoms with Crippen molar-refractivity contribution in [1.82, 2.24) is 0 Å². The van der Waals surface area contributed by atoms with Crippen LogP contribution in [0.4, 0.5) is 0 Å². The molecule has 2 rings (SSSR count). The van der Waals surface area contributed by atoms with Gasteiger partial charge in [-0.05, 0) is 0 Å². The second kappa shape index (κ2) is 3.10. The number of piperidine rings is 1. The van der Waals surface area contributed by atoms with Crippen molar-refractivity contribution >= 4 is 23.5 Å². The molecule has 1 nitrogen and oxygen atoms in total. The van der Waals surface area contributed by atoms with E-state index in [1.807, 2.05) is 0 Å². The maximum absolute atomic E-state index is 2.36. The molecule has 2 aliphatic heterocycles. The highest BCUT2D eigenvalue weighted by Crippen LogP contribution is 2.51. The van der Waals surface area contributed by atoms with E-state index in [1.54, 1.807) is 0 Å². The summed E-state index contributed by atoms with van der Waals surface area (Å²) in [6.45, 7) is 2.75. The van der Waals surface area contributed by atoms with Gasteiger partial charge in [-0.3, -0.25) is 0 Å². The lowest BCUT2D eigenvalue weighted by Gasteiger charge is -2.41. The molecule has 0 atom stereocenters. The molecular weight excluding hydrogens is 186 g/mol. The lowest BCUT2D eigenvalue weighted by Crippen LogP contribution is -2.49. The van der Waals surface area contributed by atoms with Gasteiger partial charge < -0.3 is 4.48 Å². The lowest BCUT2D eigenvalue weighted by atomic mass is 10.1. The van der Waals surface area contributed by atoms with Crippen molar-refractivity contribution < 1.29 is 4.48 Å². The fraction of sp³-hybridized carbons (Fsp3) is 1.00. The van der Waals surface area contributed by atoms with E-state index in [9.17, 15) is 0 Å². The van der Waals surface area contributed by atoms with Crippen LogP contribution in [0.2, 0.25) is 0 Å². The molecule has 0 saturated carbocycles. The molecule has 0 amide bonds. The minimum Gasteiger partial charge on any atom is -0.328 e. The zero-order chi connectivity index (χ0) is 8.66. The quantitative estimate of drug-likeness (QED) is 0.554. The monoisotopic (exact) mass is 204 g/mol. The average Bonchev–Trinajstić information content (AvgIpc) is 2.46. The predicted octanol–water partition coefficient (Wildman–Crippen LogP) is 2.03. The van der Waals surface area contributed by atoms with Crippen LogP contribution in [0.3, 0.4) is 0 Å². The van der Waals surface area contributed by atoms with Crippen LogP contribution in [-0.4, -0.2) is 47.3 Å². The summed E-state index contributed by atoms with van der Waals surface area (Å²) < 4.78 is 1.89. The standard InChI is InChI=1S/C9H18NS2/c1-10(2)5-3-9(4-6-10)11-7-8-12-9/h3-8H2,1-2H3/q+1. The smallest absolute Gasteiger partial charge is 0.0804 e. The van der Waals surface area contributed by atoms with Gasteiger partial charge in [0.1, 0.15) is 0 Å². The first-order chi connectivity index (χ1) is 5.62. The highest BCUT2D eigenvalue weighted by Gasteiger charge is 2.42. The van der Waals surface area contributed by atoms with Crippen molar-refractivity contribution in [3.63, 3.8) is 0 Å². The minimum absolute atomic E-state index is 0.647. The van der Waals surface area contributed by atoms with E-state index in [2.05, 4.69) is 37.6 Å². The van der Waals surface area contributed by atoms with Gasteiger partial charge in [-0.15, -0.1) is 23.5 Å². The molecule has 12 heavy (non-hydrogen) atoms. The van der Waals surface area contributed by atoms with Crippen molar-refractivity contribution in [1.29, 1.82) is 0 Å². The van der Waals surface area contributed by atoms with Gasteiger partial charge in [0.15, 0.2) is 0 Å². The number of nitrogens with zero attached hydrogens (tertiary/aromatic N) is 1. The van der Waals surface area contributed by atoms with E-state index in [-0.39, 0.29) is 0 Å². The molecule has 0 aromatic heterocycles. The highest BCUT2D eigenvalue weighted by atomic mass is 32.2. The fourth-order valence-corrected chi connectivity index (χ4v) is 5.16. The molecule has 0 aromatic rings. The topological polar surface area (TPSA) is 0 Å². The van der Waals surface area contributed by atoms with Crippen molar-refractivity contribution in [2.45, 2.75) is 16.9 Å². The molecule has 0 N–H and O–H groups in total. The molecule has 0 aromatic carbocycles. The average molecular weight is 204 g/mol. The van der Waals surface area contributed by atoms with E-state index in [0.29, 0.717) is 4.08 Å². The molecular formula is C9H18NS2+. The summed E-state index contributed by atoms with van der Waals surface area (Å²) in [5, 5.41) is 0. The van der Waals surface area contributed by atoms with Crippen LogP contribution in [0.1, 0.15) is 12.8 Å². The van der Waals surface area contributed by atoms with E-state index in [0.717, 1.165) is 0 Å². The van der Waals surface area contributed by atoms with Crippen LogP contribution in [0, 0.1) is 0 Å². The lowest BCUT2D eigenvalue weighted by molar-refractivity contribution is -0.894. The largest absolute Gasteiger partial charge is 0.328 e. The SMILES string of the molecule is C[N+]1(C)CCC2(CC1)SCCS2. The molecule has 70 valence electrons. The summed E-state index contributed by atoms with van der Waals surface area (Å²) in [6.07, 6.45) is 2.85. The third-order valence-corrected chi connectivity index (χ3v) is 6.66. The van der Waals surface area contributed by atoms with Gasteiger partial charge in [0.05, 0.1) is 31.3 Å². The Morgan fingerprint density at radius 1 is 1.00 bits per heavy atom. The van der Waals surface area contributed by atoms with E-state index >= 15 is 0 Å². The summed E-state index contributed by atoms with van der Waals surface area (Å²) in [5.41, 5.74) is 0. The molecule has 2 aliphatic rings. The Morgan fingerprint density at radius 2 is 1.50 bits per heavy atom. The minimum atomic E-state index is 0.647. The summed E-state index contributed by atoms with van der Waals surface area (Å²) in [6, 6.07) is 0. The number of likely N-dealkylation sites (tertiary alicyclic amines) is 1. The Kier molecular flexibility index (Phi) is 2.39. The summed E-state index contributed by atoms with van der Waals surface area (Å²) in [5.74, 6) is 2.77. The van der Waals surface area contributed by atoms with Crippen LogP contribution >= 0.6 is 23.5 Å². The molecule has 0 radical (unpaired) electrons. The fourth-order valence-electron chi connectivity index (χ4n) is 1.97. The molecule has 2 fully saturated rings. The first-order valence-corrected chi connectivity index (χ1v) is 6.69. The van der Waals surface area contributed by atoms with Gasteiger partial charge in [0, 0.05) is 24.3 Å². The normalized spacial score (nSPS) is 32.5. The first-order valence-electron chi connectivity index (χ1n) is 4.72. The highest BCUT2D eigenvalue weighted by molar-refractivity contribution is 8.21. The number of thioether (sulfide) groups is 2. The Balaban J connectivity index is 1.97. The third kappa shape index (κ3) is 1.78. The Bertz CT molecular complexity index is 161. The number of quaternary nitrogens is 1. The van der Waals surface area contributed by atoms with E-state index in [4.69, 9.17) is 0 Å². The number of hydrogen-bond donors (Lipinski definition) is 0. The maximum atomic E-state index is 2.36. The second-order valence-electron chi connectivity index (χ2n) is 4.49. The molecule has 0 aliphatic carbocycles. The van der Waals surface area contributed by atoms with Gasteiger partial charge in [0.2, 0.25) is 0 Å². The van der Waals surface area contributed by atoms with Crippen LogP contribution in [-0.2, 0) is 0 Å². The molecule has 1 spiro atoms. The van der Waals surface area contributed by atoms with Gasteiger partial charge >= 0.3 is 0 Å². The molecule has 2 saturated heterocycles. The van der Waals surface area contributed by atoms with Crippen LogP contribution < -0.4 is 0 Å². The van der Waals surface area contributed by atoms with Crippen LogP contribution in [0.15, 0.2) is 0 Å². The maximum Gasteiger partial charge on any atom is 0.0804 e. The van der Waals surface area contributed by atoms with E-state index in [1.165, 1.54) is 41.9 Å². The zero-order valence-corrected chi connectivity index (χ0v) is 9.64. The van der Waals surface area contributed by atoms with Crippen molar-refractivity contribution in [2.24, 2.45) is 0 Å². The Hall–Kier alpha value is 0.660. The number of rotatable bonds is 0. The van der Waals surface area contributed by atoms with E-state index < -0.39 is 0 Å². The zero-order valence-electron chi connectivity index (χ0n) is 8.01. The second-order valence-corrected chi connectivity index (χ2v) is 7.71. The predicted molar refractivity (Wildman–Crippen MR) is 58.7 cm³/mol.